The maximum absolute atomic E-state index is 6.33. The lowest BCUT2D eigenvalue weighted by Crippen LogP contribution is -2.10. The summed E-state index contributed by atoms with van der Waals surface area (Å²) in [7, 11) is 0. The molecule has 278 valence electrons. The van der Waals surface area contributed by atoms with E-state index >= 15 is 0 Å². The predicted octanol–water partition coefficient (Wildman–Crippen LogP) is 13.7. The van der Waals surface area contributed by atoms with Gasteiger partial charge in [0.1, 0.15) is 0 Å². The minimum Gasteiger partial charge on any atom is -0.416 e. The molecule has 8 aromatic carbocycles. The molecule has 0 amide bonds. The van der Waals surface area contributed by atoms with Gasteiger partial charge in [-0.05, 0) is 102 Å². The van der Waals surface area contributed by atoms with Crippen LogP contribution in [0, 0.1) is 0 Å². The van der Waals surface area contributed by atoms with Crippen LogP contribution in [0.2, 0.25) is 0 Å². The fraction of sp³-hybridized carbons (Fsp3) is 0.0769. The van der Waals surface area contributed by atoms with Crippen LogP contribution in [0.15, 0.2) is 185 Å². The van der Waals surface area contributed by atoms with Crippen molar-refractivity contribution in [1.29, 1.82) is 0 Å². The van der Waals surface area contributed by atoms with E-state index in [-0.39, 0.29) is 5.41 Å². The molecule has 0 atom stereocenters. The summed E-state index contributed by atoms with van der Waals surface area (Å²) in [6.45, 7) is 6.69. The van der Waals surface area contributed by atoms with Gasteiger partial charge in [0.05, 0.1) is 0 Å². The predicted molar refractivity (Wildman–Crippen MR) is 234 cm³/mol. The highest BCUT2D eigenvalue weighted by Crippen LogP contribution is 2.38. The lowest BCUT2D eigenvalue weighted by Gasteiger charge is -2.19. The standard InChI is InChI=1S/C52H38N4O2/c1-52(2,3)41-29-27-36(28-30-41)35-19-25-40(26-20-35)49-54-53-48(57-49)39-23-17-34(18-24-39)33-15-21-38(22-16-33)43-31-32-47(45-13-7-6-12-44(43)45)51-56-55-50(58-51)46-14-8-10-37-9-4-5-11-42(37)46/h4-32H,1-3H3. The molecule has 0 aliphatic heterocycles. The van der Waals surface area contributed by atoms with Gasteiger partial charge < -0.3 is 8.83 Å². The largest absolute Gasteiger partial charge is 0.416 e. The first kappa shape index (κ1) is 35.0. The molecular weight excluding hydrogens is 713 g/mol. The minimum atomic E-state index is 0.125. The van der Waals surface area contributed by atoms with Crippen LogP contribution in [-0.4, -0.2) is 20.4 Å². The molecule has 10 rings (SSSR count). The highest BCUT2D eigenvalue weighted by molar-refractivity contribution is 6.04. The summed E-state index contributed by atoms with van der Waals surface area (Å²) in [5, 5.41) is 22.1. The van der Waals surface area contributed by atoms with Crippen molar-refractivity contribution in [3.63, 3.8) is 0 Å². The summed E-state index contributed by atoms with van der Waals surface area (Å²) >= 11 is 0. The van der Waals surface area contributed by atoms with E-state index in [0.717, 1.165) is 71.6 Å². The summed E-state index contributed by atoms with van der Waals surface area (Å²) in [5.74, 6) is 1.98. The van der Waals surface area contributed by atoms with E-state index in [1.54, 1.807) is 0 Å². The van der Waals surface area contributed by atoms with E-state index in [0.29, 0.717) is 23.6 Å². The fourth-order valence-corrected chi connectivity index (χ4v) is 7.66. The summed E-state index contributed by atoms with van der Waals surface area (Å²) < 4.78 is 12.5. The number of nitrogens with zero attached hydrogens (tertiary/aromatic N) is 4. The minimum absolute atomic E-state index is 0.125. The van der Waals surface area contributed by atoms with Crippen LogP contribution in [0.1, 0.15) is 26.3 Å². The second-order valence-electron chi connectivity index (χ2n) is 15.6. The molecule has 2 aromatic heterocycles. The molecule has 0 radical (unpaired) electrons. The van der Waals surface area contributed by atoms with Gasteiger partial charge in [0, 0.05) is 22.3 Å². The van der Waals surface area contributed by atoms with Crippen molar-refractivity contribution in [2.24, 2.45) is 0 Å². The lowest BCUT2D eigenvalue weighted by molar-refractivity contribution is 0.584. The maximum Gasteiger partial charge on any atom is 0.248 e. The van der Waals surface area contributed by atoms with Crippen LogP contribution in [0.3, 0.4) is 0 Å². The van der Waals surface area contributed by atoms with Crippen LogP contribution in [-0.2, 0) is 5.41 Å². The van der Waals surface area contributed by atoms with Crippen LogP contribution >= 0.6 is 0 Å². The number of benzene rings is 8. The molecule has 6 nitrogen and oxygen atoms in total. The van der Waals surface area contributed by atoms with E-state index < -0.39 is 0 Å². The Morgan fingerprint density at radius 2 is 0.690 bits per heavy atom. The molecule has 0 spiro atoms. The molecule has 0 bridgehead atoms. The second kappa shape index (κ2) is 14.3. The van der Waals surface area contributed by atoms with Crippen LogP contribution in [0.25, 0.3) is 101 Å². The summed E-state index contributed by atoms with van der Waals surface area (Å²) in [5.41, 5.74) is 11.8. The zero-order valence-corrected chi connectivity index (χ0v) is 32.3. The Balaban J connectivity index is 0.858. The number of rotatable bonds is 7. The van der Waals surface area contributed by atoms with Crippen molar-refractivity contribution < 1.29 is 8.83 Å². The van der Waals surface area contributed by atoms with Gasteiger partial charge in [-0.1, -0.05) is 160 Å². The van der Waals surface area contributed by atoms with Crippen LogP contribution < -0.4 is 0 Å². The molecule has 10 aromatic rings. The van der Waals surface area contributed by atoms with Crippen molar-refractivity contribution in [2.45, 2.75) is 26.2 Å². The normalized spacial score (nSPS) is 11.7. The van der Waals surface area contributed by atoms with Gasteiger partial charge in [-0.25, -0.2) is 0 Å². The number of fused-ring (bicyclic) bond motifs is 2. The third-order valence-electron chi connectivity index (χ3n) is 10.9. The third-order valence-corrected chi connectivity index (χ3v) is 10.9. The highest BCUT2D eigenvalue weighted by Gasteiger charge is 2.18. The molecule has 0 aliphatic rings. The number of hydrogen-bond donors (Lipinski definition) is 0. The fourth-order valence-electron chi connectivity index (χ4n) is 7.66. The molecule has 0 unspecified atom stereocenters. The average molecular weight is 751 g/mol. The monoisotopic (exact) mass is 750 g/mol. The number of aromatic nitrogens is 4. The Morgan fingerprint density at radius 1 is 0.310 bits per heavy atom. The molecule has 0 N–H and O–H groups in total. The van der Waals surface area contributed by atoms with Gasteiger partial charge in [0.25, 0.3) is 0 Å². The Bertz CT molecular complexity index is 3060. The first-order chi connectivity index (χ1) is 28.4. The molecule has 6 heteroatoms. The van der Waals surface area contributed by atoms with Crippen molar-refractivity contribution in [3.05, 3.63) is 181 Å². The van der Waals surface area contributed by atoms with Gasteiger partial charge in [-0.2, -0.15) is 0 Å². The van der Waals surface area contributed by atoms with Crippen molar-refractivity contribution in [1.82, 2.24) is 20.4 Å². The van der Waals surface area contributed by atoms with Gasteiger partial charge in [0.15, 0.2) is 0 Å². The van der Waals surface area contributed by atoms with Crippen LogP contribution in [0.5, 0.6) is 0 Å². The number of hydrogen-bond acceptors (Lipinski definition) is 6. The first-order valence-corrected chi connectivity index (χ1v) is 19.5. The van der Waals surface area contributed by atoms with Crippen molar-refractivity contribution in [3.8, 4) is 79.2 Å². The van der Waals surface area contributed by atoms with Gasteiger partial charge >= 0.3 is 0 Å². The maximum atomic E-state index is 6.33. The third kappa shape index (κ3) is 6.54. The molecule has 2 heterocycles. The molecule has 0 fully saturated rings. The zero-order valence-electron chi connectivity index (χ0n) is 32.3. The van der Waals surface area contributed by atoms with E-state index in [2.05, 4.69) is 162 Å². The molecule has 0 saturated heterocycles. The Kier molecular flexibility index (Phi) is 8.60. The molecular formula is C52H38N4O2. The molecule has 0 aliphatic carbocycles. The average Bonchev–Trinajstić information content (AvgIpc) is 3.98. The highest BCUT2D eigenvalue weighted by atomic mass is 16.4. The smallest absolute Gasteiger partial charge is 0.248 e. The second-order valence-corrected chi connectivity index (χ2v) is 15.6. The van der Waals surface area contributed by atoms with Crippen molar-refractivity contribution >= 4 is 21.5 Å². The Hall–Kier alpha value is -7.44. The zero-order chi connectivity index (χ0) is 39.2. The van der Waals surface area contributed by atoms with E-state index in [9.17, 15) is 0 Å². The first-order valence-electron chi connectivity index (χ1n) is 19.5. The van der Waals surface area contributed by atoms with Gasteiger partial charge in [-0.3, -0.25) is 0 Å². The van der Waals surface area contributed by atoms with Gasteiger partial charge in [-0.15, -0.1) is 20.4 Å². The quantitative estimate of drug-likeness (QED) is 0.161. The Morgan fingerprint density at radius 3 is 1.24 bits per heavy atom. The Labute approximate surface area is 336 Å². The van der Waals surface area contributed by atoms with Gasteiger partial charge in [0.2, 0.25) is 23.6 Å². The van der Waals surface area contributed by atoms with Crippen LogP contribution in [0.4, 0.5) is 0 Å². The molecule has 58 heavy (non-hydrogen) atoms. The summed E-state index contributed by atoms with van der Waals surface area (Å²) in [6, 6.07) is 60.9. The topological polar surface area (TPSA) is 77.8 Å². The SMILES string of the molecule is CC(C)(C)c1ccc(-c2ccc(-c3nnc(-c4ccc(-c5ccc(-c6ccc(-c7nnc(-c8cccc9ccccc89)o7)c7ccccc67)cc5)cc4)o3)cc2)cc1. The summed E-state index contributed by atoms with van der Waals surface area (Å²) in [6.07, 6.45) is 0. The molecule has 0 saturated carbocycles. The van der Waals surface area contributed by atoms with Crippen molar-refractivity contribution in [2.75, 3.05) is 0 Å². The van der Waals surface area contributed by atoms with E-state index in [1.807, 2.05) is 54.6 Å². The summed E-state index contributed by atoms with van der Waals surface area (Å²) in [4.78, 5) is 0. The van der Waals surface area contributed by atoms with E-state index in [1.165, 1.54) is 11.1 Å². The lowest BCUT2D eigenvalue weighted by atomic mass is 9.86. The van der Waals surface area contributed by atoms with E-state index in [4.69, 9.17) is 8.83 Å².